The Balaban J connectivity index is 5.26. The van der Waals surface area contributed by atoms with Gasteiger partial charge >= 0.3 is 17.9 Å². The molecule has 0 bridgehead atoms. The zero-order chi connectivity index (χ0) is 46.2. The van der Waals surface area contributed by atoms with E-state index in [0.717, 1.165) is 83.1 Å². The first-order chi connectivity index (χ1) is 30.8. The highest BCUT2D eigenvalue weighted by Gasteiger charge is 2.35. The highest BCUT2D eigenvalue weighted by Crippen LogP contribution is 2.17. The molecule has 0 aliphatic rings. The Bertz CT molecular complexity index is 899. The molecule has 0 aliphatic heterocycles. The molecule has 0 heterocycles. The molecule has 0 aromatic heterocycles. The minimum absolute atomic E-state index is 0.0256. The number of unbranched alkanes of at least 4 members (excludes halogenated alkanes) is 30. The maximum atomic E-state index is 13.1. The van der Waals surface area contributed by atoms with Crippen molar-refractivity contribution in [3.8, 4) is 0 Å². The van der Waals surface area contributed by atoms with E-state index in [1.165, 1.54) is 154 Å². The van der Waals surface area contributed by atoms with Gasteiger partial charge in [-0.05, 0) is 46.3 Å². The van der Waals surface area contributed by atoms with Crippen molar-refractivity contribution in [1.82, 2.24) is 14.9 Å². The molecule has 0 unspecified atom stereocenters. The molecule has 0 saturated carbocycles. The zero-order valence-corrected chi connectivity index (χ0v) is 43.2. The Morgan fingerprint density at radius 1 is 0.413 bits per heavy atom. The molecule has 0 spiro atoms. The van der Waals surface area contributed by atoms with Gasteiger partial charge in [-0.2, -0.15) is 0 Å². The molecule has 0 saturated heterocycles. The van der Waals surface area contributed by atoms with Crippen LogP contribution in [-0.2, 0) is 28.6 Å². The number of carbonyl (C=O) groups excluding carboxylic acids is 3. The molecule has 2 N–H and O–H groups in total. The predicted molar refractivity (Wildman–Crippen MR) is 270 cm³/mol. The third-order valence-corrected chi connectivity index (χ3v) is 13.0. The second kappa shape index (κ2) is 48.6. The van der Waals surface area contributed by atoms with Gasteiger partial charge in [0.05, 0.1) is 0 Å². The number of hydrogen-bond donors (Lipinski definition) is 2. The van der Waals surface area contributed by atoms with Gasteiger partial charge < -0.3 is 24.4 Å². The Morgan fingerprint density at radius 3 is 0.984 bits per heavy atom. The molecule has 0 fully saturated rings. The smallest absolute Gasteiger partial charge is 0.305 e. The fourth-order valence-electron chi connectivity index (χ4n) is 7.93. The minimum atomic E-state index is -1.03. The van der Waals surface area contributed by atoms with E-state index in [0.29, 0.717) is 25.8 Å². The van der Waals surface area contributed by atoms with E-state index in [1.807, 2.05) is 0 Å². The van der Waals surface area contributed by atoms with Crippen molar-refractivity contribution in [3.63, 3.8) is 0 Å². The number of carbonyl (C=O) groups is 3. The zero-order valence-electron chi connectivity index (χ0n) is 42.4. The van der Waals surface area contributed by atoms with Crippen LogP contribution in [0.4, 0.5) is 0 Å². The maximum Gasteiger partial charge on any atom is 0.305 e. The summed E-state index contributed by atoms with van der Waals surface area (Å²) in [6, 6.07) is 0. The Morgan fingerprint density at radius 2 is 0.698 bits per heavy atom. The topological polar surface area (TPSA) is 106 Å². The lowest BCUT2D eigenvalue weighted by Crippen LogP contribution is -2.58. The van der Waals surface area contributed by atoms with E-state index in [4.69, 9.17) is 14.2 Å². The average Bonchev–Trinajstić information content (AvgIpc) is 3.27. The van der Waals surface area contributed by atoms with Crippen molar-refractivity contribution in [2.75, 3.05) is 59.3 Å². The third kappa shape index (κ3) is 45.6. The number of rotatable bonds is 51. The van der Waals surface area contributed by atoms with E-state index in [1.54, 1.807) is 11.9 Å². The van der Waals surface area contributed by atoms with Crippen LogP contribution >= 0.6 is 11.9 Å². The summed E-state index contributed by atoms with van der Waals surface area (Å²) in [5.41, 5.74) is -1.03. The predicted octanol–water partition coefficient (Wildman–Crippen LogP) is 14.2. The lowest BCUT2D eigenvalue weighted by Gasteiger charge is -2.33. The van der Waals surface area contributed by atoms with Gasteiger partial charge in [0.25, 0.3) is 0 Å². The Labute approximate surface area is 395 Å². The molecular weight excluding hydrogens is 807 g/mol. The summed E-state index contributed by atoms with van der Waals surface area (Å²) >= 11 is 1.64. The second-order valence-electron chi connectivity index (χ2n) is 18.9. The van der Waals surface area contributed by atoms with Crippen molar-refractivity contribution in [2.45, 2.75) is 264 Å². The van der Waals surface area contributed by atoms with Gasteiger partial charge in [-0.15, -0.1) is 0 Å². The summed E-state index contributed by atoms with van der Waals surface area (Å²) in [5.74, 6) is -0.0220. The number of nitrogens with one attached hydrogen (secondary N) is 2. The quantitative estimate of drug-likeness (QED) is 0.0265. The van der Waals surface area contributed by atoms with Crippen molar-refractivity contribution in [3.05, 3.63) is 0 Å². The lowest BCUT2D eigenvalue weighted by atomic mass is 10.0. The number of nitrogens with zero attached hydrogens (tertiary/aromatic N) is 1. The van der Waals surface area contributed by atoms with Crippen molar-refractivity contribution < 1.29 is 28.6 Å². The van der Waals surface area contributed by atoms with Crippen LogP contribution in [0.3, 0.4) is 0 Å². The van der Waals surface area contributed by atoms with Crippen molar-refractivity contribution in [2.24, 2.45) is 0 Å². The molecule has 0 aliphatic carbocycles. The number of esters is 3. The molecule has 0 aromatic carbocycles. The summed E-state index contributed by atoms with van der Waals surface area (Å²) in [4.78, 5) is 41.5. The average molecular weight is 913 g/mol. The first kappa shape index (κ1) is 61.6. The first-order valence-electron chi connectivity index (χ1n) is 27.0. The van der Waals surface area contributed by atoms with E-state index in [2.05, 4.69) is 49.8 Å². The molecule has 10 heteroatoms. The fourth-order valence-corrected chi connectivity index (χ4v) is 8.57. The van der Waals surface area contributed by atoms with Crippen molar-refractivity contribution in [1.29, 1.82) is 0 Å². The maximum absolute atomic E-state index is 13.1. The first-order valence-corrected chi connectivity index (χ1v) is 28.0. The number of hydrogen-bond acceptors (Lipinski definition) is 10. The number of ether oxygens (including phenoxy) is 3. The SMILES string of the molecule is CCCCCCCCCCCCCC(=O)OCC(COC(=O)CCCCCCCCCCCCC)(COC(=O)CCCCCCCCCCCCC)NCCSNCCCN(C)C. The molecular formula is C53H105N3O6S. The summed E-state index contributed by atoms with van der Waals surface area (Å²) in [7, 11) is 4.16. The van der Waals surface area contributed by atoms with Crippen molar-refractivity contribution >= 4 is 29.9 Å². The van der Waals surface area contributed by atoms with Crippen LogP contribution in [0.15, 0.2) is 0 Å². The van der Waals surface area contributed by atoms with E-state index >= 15 is 0 Å². The summed E-state index contributed by atoms with van der Waals surface area (Å²) in [5, 5.41) is 3.54. The van der Waals surface area contributed by atoms with E-state index < -0.39 is 5.54 Å². The third-order valence-electron chi connectivity index (χ3n) is 12.2. The lowest BCUT2D eigenvalue weighted by molar-refractivity contribution is -0.157. The molecule has 0 aromatic rings. The second-order valence-corrected chi connectivity index (χ2v) is 19.9. The monoisotopic (exact) mass is 912 g/mol. The van der Waals surface area contributed by atoms with Gasteiger partial charge in [-0.3, -0.25) is 19.1 Å². The van der Waals surface area contributed by atoms with Gasteiger partial charge in [0.15, 0.2) is 0 Å². The van der Waals surface area contributed by atoms with Crippen LogP contribution in [0.5, 0.6) is 0 Å². The molecule has 0 atom stereocenters. The van der Waals surface area contributed by atoms with Gasteiger partial charge in [0, 0.05) is 38.1 Å². The minimum Gasteiger partial charge on any atom is -0.463 e. The summed E-state index contributed by atoms with van der Waals surface area (Å²) in [6.45, 7) is 9.18. The van der Waals surface area contributed by atoms with Gasteiger partial charge in [0.1, 0.15) is 25.4 Å². The van der Waals surface area contributed by atoms with Crippen LogP contribution in [0.2, 0.25) is 0 Å². The van der Waals surface area contributed by atoms with Gasteiger partial charge in [0.2, 0.25) is 0 Å². The van der Waals surface area contributed by atoms with E-state index in [-0.39, 0.29) is 37.7 Å². The van der Waals surface area contributed by atoms with Crippen LogP contribution in [0.25, 0.3) is 0 Å². The van der Waals surface area contributed by atoms with Gasteiger partial charge in [-0.1, -0.05) is 225 Å². The summed E-state index contributed by atoms with van der Waals surface area (Å²) in [6.07, 6.45) is 42.3. The normalized spacial score (nSPS) is 11.7. The van der Waals surface area contributed by atoms with Crippen LogP contribution < -0.4 is 10.0 Å². The molecule has 63 heavy (non-hydrogen) atoms. The fraction of sp³-hybridized carbons (Fsp3) is 0.943. The van der Waals surface area contributed by atoms with Crippen LogP contribution in [0.1, 0.15) is 258 Å². The highest BCUT2D eigenvalue weighted by atomic mass is 32.2. The summed E-state index contributed by atoms with van der Waals surface area (Å²) < 4.78 is 21.2. The molecule has 0 radical (unpaired) electrons. The Kier molecular flexibility index (Phi) is 47.5. The standard InChI is InChI=1S/C53H105N3O6S/c1-6-9-12-15-18-21-24-27-30-33-36-40-50(57)60-47-53(54-44-46-63-55-43-39-45-56(4)5,48-61-51(58)41-37-34-31-28-25-22-19-16-13-10-7-2)49-62-52(59)42-38-35-32-29-26-23-20-17-14-11-8-3/h54-55H,6-49H2,1-5H3. The highest BCUT2D eigenvalue weighted by molar-refractivity contribution is 7.97. The molecule has 374 valence electrons. The Hall–Kier alpha value is -1.36. The van der Waals surface area contributed by atoms with E-state index in [9.17, 15) is 14.4 Å². The van der Waals surface area contributed by atoms with Crippen LogP contribution in [-0.4, -0.2) is 87.6 Å². The molecule has 0 amide bonds. The van der Waals surface area contributed by atoms with Crippen LogP contribution in [0, 0.1) is 0 Å². The largest absolute Gasteiger partial charge is 0.463 e. The molecule has 0 rings (SSSR count). The van der Waals surface area contributed by atoms with Gasteiger partial charge in [-0.25, -0.2) is 0 Å². The molecule has 9 nitrogen and oxygen atoms in total.